The summed E-state index contributed by atoms with van der Waals surface area (Å²) < 4.78 is 0. The summed E-state index contributed by atoms with van der Waals surface area (Å²) in [5.41, 5.74) is 0.878. The normalized spacial score (nSPS) is 20.4. The summed E-state index contributed by atoms with van der Waals surface area (Å²) in [5, 5.41) is 13.1. The molecule has 3 heterocycles. The van der Waals surface area contributed by atoms with Crippen LogP contribution in [-0.4, -0.2) is 45.5 Å². The van der Waals surface area contributed by atoms with Gasteiger partial charge in [0, 0.05) is 29.6 Å². The monoisotopic (exact) mass is 365 g/mol. The van der Waals surface area contributed by atoms with E-state index in [1.54, 1.807) is 11.3 Å². The van der Waals surface area contributed by atoms with Gasteiger partial charge >= 0.3 is 0 Å². The summed E-state index contributed by atoms with van der Waals surface area (Å²) in [6, 6.07) is 3.43. The number of aryl methyl sites for hydroxylation is 2. The fraction of sp³-hybridized carbons (Fsp3) is 0.438. The Morgan fingerprint density at radius 1 is 1.33 bits per heavy atom. The smallest absolute Gasteiger partial charge is 0.249 e. The third kappa shape index (κ3) is 3.35. The Balaban J connectivity index is 1.77. The van der Waals surface area contributed by atoms with Crippen molar-refractivity contribution in [1.82, 2.24) is 9.88 Å². The highest BCUT2D eigenvalue weighted by Crippen LogP contribution is 2.34. The average molecular weight is 365 g/mol. The first-order valence-corrected chi connectivity index (χ1v) is 9.29. The molecular formula is C16H19N3O3S2. The van der Waals surface area contributed by atoms with Crippen LogP contribution in [0.1, 0.15) is 23.1 Å². The quantitative estimate of drug-likeness (QED) is 0.875. The molecule has 1 fully saturated rings. The lowest BCUT2D eigenvalue weighted by Gasteiger charge is -2.21. The van der Waals surface area contributed by atoms with Gasteiger partial charge in [-0.25, -0.2) is 4.98 Å². The maximum Gasteiger partial charge on any atom is 0.249 e. The number of aromatic nitrogens is 1. The summed E-state index contributed by atoms with van der Waals surface area (Å²) in [6.07, 6.45) is -0.403. The van der Waals surface area contributed by atoms with Crippen molar-refractivity contribution in [3.8, 4) is 10.6 Å². The summed E-state index contributed by atoms with van der Waals surface area (Å²) in [5.74, 6) is -0.513. The van der Waals surface area contributed by atoms with Gasteiger partial charge in [-0.2, -0.15) is 0 Å². The second-order valence-corrected chi connectivity index (χ2v) is 8.39. The number of carbonyl (C=O) groups excluding carboxylic acids is 2. The minimum absolute atomic E-state index is 0.198. The van der Waals surface area contributed by atoms with E-state index in [1.165, 1.54) is 28.0 Å². The van der Waals surface area contributed by atoms with Crippen LogP contribution in [0.15, 0.2) is 12.1 Å². The predicted molar refractivity (Wildman–Crippen MR) is 95.3 cm³/mol. The average Bonchev–Trinajstić information content (AvgIpc) is 3.18. The third-order valence-electron chi connectivity index (χ3n) is 3.99. The number of hydrogen-bond donors (Lipinski definition) is 2. The van der Waals surface area contributed by atoms with E-state index in [0.717, 1.165) is 15.4 Å². The van der Waals surface area contributed by atoms with Gasteiger partial charge in [0.1, 0.15) is 6.04 Å². The van der Waals surface area contributed by atoms with Crippen LogP contribution in [0.3, 0.4) is 0 Å². The van der Waals surface area contributed by atoms with Crippen molar-refractivity contribution in [2.45, 2.75) is 39.3 Å². The van der Waals surface area contributed by atoms with E-state index in [2.05, 4.69) is 10.3 Å². The number of carbonyl (C=O) groups is 2. The molecule has 0 aromatic carbocycles. The summed E-state index contributed by atoms with van der Waals surface area (Å²) in [4.78, 5) is 33.4. The van der Waals surface area contributed by atoms with Crippen LogP contribution in [0.5, 0.6) is 0 Å². The molecule has 0 unspecified atom stereocenters. The standard InChI is InChI=1S/C16H19N3O3S2/c1-8-4-5-13(23-8)14-9(2)24-16(17-14)18-15(22)12-6-11(21)7-19(12)10(3)20/h4-5,11-12,21H,6-7H2,1-3H3,(H,17,18,22)/t11-,12-/m1/s1. The van der Waals surface area contributed by atoms with Crippen molar-refractivity contribution in [2.24, 2.45) is 0 Å². The summed E-state index contributed by atoms with van der Waals surface area (Å²) >= 11 is 3.08. The lowest BCUT2D eigenvalue weighted by atomic mass is 10.2. The number of hydrogen-bond acceptors (Lipinski definition) is 6. The van der Waals surface area contributed by atoms with Crippen LogP contribution in [-0.2, 0) is 9.59 Å². The van der Waals surface area contributed by atoms with Gasteiger partial charge in [-0.3, -0.25) is 9.59 Å². The van der Waals surface area contributed by atoms with Crippen LogP contribution < -0.4 is 5.32 Å². The number of nitrogens with one attached hydrogen (secondary N) is 1. The van der Waals surface area contributed by atoms with Gasteiger partial charge in [-0.15, -0.1) is 22.7 Å². The van der Waals surface area contributed by atoms with Crippen LogP contribution in [0.2, 0.25) is 0 Å². The van der Waals surface area contributed by atoms with Crippen molar-refractivity contribution < 1.29 is 14.7 Å². The molecule has 128 valence electrons. The minimum Gasteiger partial charge on any atom is -0.391 e. The van der Waals surface area contributed by atoms with Gasteiger partial charge < -0.3 is 15.3 Å². The number of β-amino-alcohol motifs (C(OH)–C–C–N with tert-alkyl or cyclic N) is 1. The van der Waals surface area contributed by atoms with Crippen LogP contribution in [0.4, 0.5) is 5.13 Å². The molecule has 0 bridgehead atoms. The van der Waals surface area contributed by atoms with Crippen molar-refractivity contribution in [3.05, 3.63) is 21.9 Å². The van der Waals surface area contributed by atoms with Crippen molar-refractivity contribution >= 4 is 39.6 Å². The van der Waals surface area contributed by atoms with Gasteiger partial charge in [0.05, 0.1) is 16.7 Å². The Bertz CT molecular complexity index is 783. The van der Waals surface area contributed by atoms with Gasteiger partial charge in [0.25, 0.3) is 0 Å². The zero-order valence-electron chi connectivity index (χ0n) is 13.7. The second-order valence-electron chi connectivity index (χ2n) is 5.90. The number of thiophene rings is 1. The van der Waals surface area contributed by atoms with E-state index >= 15 is 0 Å². The number of anilines is 1. The molecule has 1 saturated heterocycles. The maximum atomic E-state index is 12.5. The van der Waals surface area contributed by atoms with Gasteiger partial charge in [-0.05, 0) is 26.0 Å². The molecule has 3 rings (SSSR count). The molecule has 2 amide bonds. The molecule has 1 aliphatic heterocycles. The highest BCUT2D eigenvalue weighted by Gasteiger charge is 2.37. The van der Waals surface area contributed by atoms with E-state index in [9.17, 15) is 14.7 Å². The van der Waals surface area contributed by atoms with Crippen molar-refractivity contribution in [2.75, 3.05) is 11.9 Å². The number of likely N-dealkylation sites (tertiary alicyclic amines) is 1. The fourth-order valence-corrected chi connectivity index (χ4v) is 4.65. The number of rotatable bonds is 3. The lowest BCUT2D eigenvalue weighted by molar-refractivity contribution is -0.134. The van der Waals surface area contributed by atoms with E-state index in [0.29, 0.717) is 5.13 Å². The Labute approximate surface area is 148 Å². The zero-order valence-corrected chi connectivity index (χ0v) is 15.3. The first-order chi connectivity index (χ1) is 11.3. The summed E-state index contributed by atoms with van der Waals surface area (Å²) in [7, 11) is 0. The van der Waals surface area contributed by atoms with Gasteiger partial charge in [0.15, 0.2) is 5.13 Å². The van der Waals surface area contributed by atoms with Gasteiger partial charge in [-0.1, -0.05) is 0 Å². The Morgan fingerprint density at radius 2 is 2.08 bits per heavy atom. The number of aliphatic hydroxyl groups is 1. The number of thiazole rings is 1. The van der Waals surface area contributed by atoms with E-state index in [4.69, 9.17) is 0 Å². The van der Waals surface area contributed by atoms with Gasteiger partial charge in [0.2, 0.25) is 11.8 Å². The molecular weight excluding hydrogens is 346 g/mol. The molecule has 6 nitrogen and oxygen atoms in total. The first kappa shape index (κ1) is 17.1. The number of nitrogens with zero attached hydrogens (tertiary/aromatic N) is 2. The molecule has 8 heteroatoms. The van der Waals surface area contributed by atoms with Crippen LogP contribution in [0, 0.1) is 13.8 Å². The van der Waals surface area contributed by atoms with Crippen LogP contribution >= 0.6 is 22.7 Å². The minimum atomic E-state index is -0.660. The highest BCUT2D eigenvalue weighted by atomic mass is 32.1. The Morgan fingerprint density at radius 3 is 2.71 bits per heavy atom. The summed E-state index contributed by atoms with van der Waals surface area (Å²) in [6.45, 7) is 5.62. The molecule has 2 aromatic rings. The lowest BCUT2D eigenvalue weighted by Crippen LogP contribution is -2.42. The van der Waals surface area contributed by atoms with E-state index in [-0.39, 0.29) is 24.8 Å². The van der Waals surface area contributed by atoms with Crippen molar-refractivity contribution in [1.29, 1.82) is 0 Å². The molecule has 0 aliphatic carbocycles. The molecule has 2 aromatic heterocycles. The highest BCUT2D eigenvalue weighted by molar-refractivity contribution is 7.18. The molecule has 0 saturated carbocycles. The molecule has 0 spiro atoms. The SMILES string of the molecule is CC(=O)N1C[C@H](O)C[C@@H]1C(=O)Nc1nc(-c2ccc(C)s2)c(C)s1. The van der Waals surface area contributed by atoms with Crippen molar-refractivity contribution in [3.63, 3.8) is 0 Å². The molecule has 1 aliphatic rings. The third-order valence-corrected chi connectivity index (χ3v) is 5.88. The molecule has 2 N–H and O–H groups in total. The number of aliphatic hydroxyl groups excluding tert-OH is 1. The largest absolute Gasteiger partial charge is 0.391 e. The topological polar surface area (TPSA) is 82.5 Å². The predicted octanol–water partition coefficient (Wildman–Crippen LogP) is 2.41. The van der Waals surface area contributed by atoms with E-state index in [1.807, 2.05) is 26.0 Å². The molecule has 0 radical (unpaired) electrons. The number of amides is 2. The van der Waals surface area contributed by atoms with E-state index < -0.39 is 12.1 Å². The molecule has 24 heavy (non-hydrogen) atoms. The fourth-order valence-electron chi connectivity index (χ4n) is 2.84. The van der Waals surface area contributed by atoms with Crippen LogP contribution in [0.25, 0.3) is 10.6 Å². The Kier molecular flexibility index (Phi) is 4.71. The Hall–Kier alpha value is -1.77. The second kappa shape index (κ2) is 6.62. The zero-order chi connectivity index (χ0) is 17.4. The molecule has 2 atom stereocenters. The first-order valence-electron chi connectivity index (χ1n) is 7.65. The maximum absolute atomic E-state index is 12.5.